The molecule has 0 aliphatic heterocycles. The quantitative estimate of drug-likeness (QED) is 0.496. The van der Waals surface area contributed by atoms with Crippen molar-refractivity contribution >= 4 is 28.9 Å². The second kappa shape index (κ2) is 7.78. The van der Waals surface area contributed by atoms with Crippen LogP contribution in [0.5, 0.6) is 0 Å². The zero-order chi connectivity index (χ0) is 20.1. The molecule has 8 nitrogen and oxygen atoms in total. The minimum Gasteiger partial charge on any atom is -0.393 e. The molecule has 5 N–H and O–H groups in total. The van der Waals surface area contributed by atoms with Crippen molar-refractivity contribution in [3.8, 4) is 0 Å². The summed E-state index contributed by atoms with van der Waals surface area (Å²) in [6.07, 6.45) is -0.401. The van der Waals surface area contributed by atoms with Crippen molar-refractivity contribution in [2.45, 2.75) is 6.18 Å². The van der Waals surface area contributed by atoms with Crippen molar-refractivity contribution in [1.29, 1.82) is 0 Å². The first-order chi connectivity index (χ1) is 13.3. The third-order valence-electron chi connectivity index (χ3n) is 3.57. The first-order valence-electron chi connectivity index (χ1n) is 7.86. The van der Waals surface area contributed by atoms with Crippen LogP contribution in [-0.2, 0) is 6.18 Å². The molecule has 144 valence electrons. The second-order valence-corrected chi connectivity index (χ2v) is 5.50. The van der Waals surface area contributed by atoms with Crippen LogP contribution in [0.2, 0.25) is 0 Å². The molecule has 0 spiro atoms. The summed E-state index contributed by atoms with van der Waals surface area (Å²) in [4.78, 5) is 23.7. The van der Waals surface area contributed by atoms with Crippen LogP contribution in [0.15, 0.2) is 55.1 Å². The number of hydrazine groups is 1. The molecule has 0 unspecified atom stereocenters. The van der Waals surface area contributed by atoms with Crippen LogP contribution in [0.3, 0.4) is 0 Å². The molecule has 0 radical (unpaired) electrons. The maximum atomic E-state index is 12.8. The molecule has 11 heteroatoms. The van der Waals surface area contributed by atoms with Crippen LogP contribution >= 0.6 is 0 Å². The summed E-state index contributed by atoms with van der Waals surface area (Å²) in [6, 6.07) is 7.61. The summed E-state index contributed by atoms with van der Waals surface area (Å²) >= 11 is 0. The lowest BCUT2D eigenvalue weighted by Crippen LogP contribution is -2.30. The van der Waals surface area contributed by atoms with E-state index in [1.54, 1.807) is 0 Å². The number of carbonyl (C=O) groups excluding carboxylic acids is 1. The van der Waals surface area contributed by atoms with E-state index in [0.717, 1.165) is 18.5 Å². The van der Waals surface area contributed by atoms with Gasteiger partial charge in [-0.05, 0) is 30.3 Å². The maximum Gasteiger partial charge on any atom is 0.416 e. The molecule has 0 aliphatic carbocycles. The number of nitrogens with zero attached hydrogens (tertiary/aromatic N) is 3. The Bertz CT molecular complexity index is 980. The van der Waals surface area contributed by atoms with Crippen LogP contribution in [0.25, 0.3) is 0 Å². The zero-order valence-electron chi connectivity index (χ0n) is 14.2. The molecule has 28 heavy (non-hydrogen) atoms. The molecule has 0 bridgehead atoms. The van der Waals surface area contributed by atoms with Gasteiger partial charge in [0, 0.05) is 23.6 Å². The highest BCUT2D eigenvalue weighted by atomic mass is 19.4. The highest BCUT2D eigenvalue weighted by Gasteiger charge is 2.30. The lowest BCUT2D eigenvalue weighted by molar-refractivity contribution is -0.137. The predicted molar refractivity (Wildman–Crippen MR) is 96.5 cm³/mol. The molecular weight excluding hydrogens is 375 g/mol. The van der Waals surface area contributed by atoms with E-state index >= 15 is 0 Å². The molecule has 0 saturated heterocycles. The molecular formula is C17H14F3N7O. The lowest BCUT2D eigenvalue weighted by atomic mass is 10.2. The third kappa shape index (κ3) is 4.44. The predicted octanol–water partition coefficient (Wildman–Crippen LogP) is 2.97. The molecule has 2 heterocycles. The number of aromatic nitrogens is 3. The largest absolute Gasteiger partial charge is 0.416 e. The van der Waals surface area contributed by atoms with E-state index < -0.39 is 17.6 Å². The van der Waals surface area contributed by atoms with Crippen LogP contribution in [0.4, 0.5) is 36.2 Å². The Morgan fingerprint density at radius 3 is 2.46 bits per heavy atom. The SMILES string of the molecule is Nc1c(NNC(=O)c2ccncc2)ncnc1Nc1cccc(C(F)(F)F)c1. The number of nitrogen functional groups attached to an aromatic ring is 1. The Balaban J connectivity index is 1.74. The highest BCUT2D eigenvalue weighted by molar-refractivity contribution is 5.95. The van der Waals surface area contributed by atoms with E-state index in [0.29, 0.717) is 5.56 Å². The smallest absolute Gasteiger partial charge is 0.393 e. The Morgan fingerprint density at radius 2 is 1.75 bits per heavy atom. The number of alkyl halides is 3. The number of rotatable bonds is 5. The molecule has 0 aliphatic rings. The zero-order valence-corrected chi connectivity index (χ0v) is 14.2. The monoisotopic (exact) mass is 389 g/mol. The normalized spacial score (nSPS) is 11.0. The fraction of sp³-hybridized carbons (Fsp3) is 0.0588. The summed E-state index contributed by atoms with van der Waals surface area (Å²) in [5.41, 5.74) is 10.6. The van der Waals surface area contributed by atoms with Gasteiger partial charge in [-0.25, -0.2) is 9.97 Å². The third-order valence-corrected chi connectivity index (χ3v) is 3.57. The van der Waals surface area contributed by atoms with Gasteiger partial charge in [0.15, 0.2) is 11.6 Å². The van der Waals surface area contributed by atoms with Gasteiger partial charge in [0.25, 0.3) is 5.91 Å². The van der Waals surface area contributed by atoms with Crippen molar-refractivity contribution in [3.63, 3.8) is 0 Å². The van der Waals surface area contributed by atoms with E-state index in [9.17, 15) is 18.0 Å². The van der Waals surface area contributed by atoms with Crippen LogP contribution in [0.1, 0.15) is 15.9 Å². The van der Waals surface area contributed by atoms with Gasteiger partial charge in [-0.15, -0.1) is 0 Å². The molecule has 1 amide bonds. The number of hydrogen-bond donors (Lipinski definition) is 4. The second-order valence-electron chi connectivity index (χ2n) is 5.50. The van der Waals surface area contributed by atoms with Crippen molar-refractivity contribution in [3.05, 3.63) is 66.2 Å². The van der Waals surface area contributed by atoms with Crippen LogP contribution in [-0.4, -0.2) is 20.9 Å². The van der Waals surface area contributed by atoms with E-state index in [1.165, 1.54) is 36.7 Å². The molecule has 1 aromatic carbocycles. The van der Waals surface area contributed by atoms with Gasteiger partial charge in [0.1, 0.15) is 12.0 Å². The van der Waals surface area contributed by atoms with Crippen LogP contribution in [0, 0.1) is 0 Å². The topological polar surface area (TPSA) is 118 Å². The van der Waals surface area contributed by atoms with Gasteiger partial charge in [-0.1, -0.05) is 6.07 Å². The van der Waals surface area contributed by atoms with Gasteiger partial charge >= 0.3 is 6.18 Å². The molecule has 3 rings (SSSR count). The van der Waals surface area contributed by atoms with E-state index in [2.05, 4.69) is 31.1 Å². The van der Waals surface area contributed by atoms with Crippen molar-refractivity contribution < 1.29 is 18.0 Å². The Kier molecular flexibility index (Phi) is 5.25. The summed E-state index contributed by atoms with van der Waals surface area (Å²) < 4.78 is 38.5. The number of anilines is 4. The number of halogens is 3. The number of carbonyl (C=O) groups is 1. The molecule has 0 fully saturated rings. The fourth-order valence-electron chi connectivity index (χ4n) is 2.20. The van der Waals surface area contributed by atoms with Crippen molar-refractivity contribution in [2.24, 2.45) is 0 Å². The maximum absolute atomic E-state index is 12.8. The lowest BCUT2D eigenvalue weighted by Gasteiger charge is -2.14. The number of hydrogen-bond acceptors (Lipinski definition) is 7. The van der Waals surface area contributed by atoms with Gasteiger partial charge in [0.2, 0.25) is 0 Å². The molecule has 0 atom stereocenters. The Morgan fingerprint density at radius 1 is 1.04 bits per heavy atom. The number of pyridine rings is 1. The standard InChI is InChI=1S/C17H14F3N7O/c18-17(19,20)11-2-1-3-12(8-11)25-14-13(21)15(24-9-23-14)26-27-16(28)10-4-6-22-7-5-10/h1-9H,21H2,(H,27,28)(H2,23,24,25,26). The van der Waals surface area contributed by atoms with Gasteiger partial charge in [0.05, 0.1) is 5.56 Å². The average Bonchev–Trinajstić information content (AvgIpc) is 2.69. The van der Waals surface area contributed by atoms with Crippen LogP contribution < -0.4 is 21.9 Å². The summed E-state index contributed by atoms with van der Waals surface area (Å²) in [5, 5.41) is 2.71. The van der Waals surface area contributed by atoms with E-state index in [4.69, 9.17) is 5.73 Å². The number of nitrogens with two attached hydrogens (primary N) is 1. The molecule has 3 aromatic rings. The van der Waals surface area contributed by atoms with Crippen molar-refractivity contribution in [1.82, 2.24) is 20.4 Å². The van der Waals surface area contributed by atoms with Gasteiger partial charge < -0.3 is 11.1 Å². The van der Waals surface area contributed by atoms with Crippen molar-refractivity contribution in [2.75, 3.05) is 16.5 Å². The number of nitrogens with one attached hydrogen (secondary N) is 3. The van der Waals surface area contributed by atoms with Gasteiger partial charge in [-0.3, -0.25) is 20.6 Å². The van der Waals surface area contributed by atoms with E-state index in [1.807, 2.05) is 0 Å². The van der Waals surface area contributed by atoms with Gasteiger partial charge in [-0.2, -0.15) is 13.2 Å². The summed E-state index contributed by atoms with van der Waals surface area (Å²) in [7, 11) is 0. The fourth-order valence-corrected chi connectivity index (χ4v) is 2.20. The molecule has 2 aromatic heterocycles. The van der Waals surface area contributed by atoms with E-state index in [-0.39, 0.29) is 23.0 Å². The molecule has 0 saturated carbocycles. The first kappa shape index (κ1) is 18.9. The Hall–Kier alpha value is -3.89. The number of amides is 1. The first-order valence-corrected chi connectivity index (χ1v) is 7.86. The minimum absolute atomic E-state index is 0.00920. The summed E-state index contributed by atoms with van der Waals surface area (Å²) in [5.74, 6) is -0.297. The summed E-state index contributed by atoms with van der Waals surface area (Å²) in [6.45, 7) is 0. The highest BCUT2D eigenvalue weighted by Crippen LogP contribution is 2.32. The average molecular weight is 389 g/mol. The number of benzene rings is 1. The Labute approximate surface area is 157 Å². The minimum atomic E-state index is -4.47.